The summed E-state index contributed by atoms with van der Waals surface area (Å²) < 4.78 is 10.4. The minimum Gasteiger partial charge on any atom is -0.495 e. The van der Waals surface area contributed by atoms with E-state index in [-0.39, 0.29) is 18.0 Å². The lowest BCUT2D eigenvalue weighted by molar-refractivity contribution is -0.132. The number of carbonyl (C=O) groups is 2. The van der Waals surface area contributed by atoms with E-state index in [1.807, 2.05) is 34.1 Å². The summed E-state index contributed by atoms with van der Waals surface area (Å²) in [5.41, 5.74) is 0.663. The molecule has 3 amide bonds. The van der Waals surface area contributed by atoms with Crippen LogP contribution in [0.25, 0.3) is 0 Å². The number of hydrogen-bond acceptors (Lipinski definition) is 5. The molecule has 2 fully saturated rings. The highest BCUT2D eigenvalue weighted by Crippen LogP contribution is 2.24. The average Bonchev–Trinajstić information content (AvgIpc) is 2.92. The normalized spacial score (nSPS) is 20.9. The first-order chi connectivity index (χ1) is 13.6. The summed E-state index contributed by atoms with van der Waals surface area (Å²) in [6, 6.07) is 7.17. The largest absolute Gasteiger partial charge is 0.495 e. The highest BCUT2D eigenvalue weighted by molar-refractivity contribution is 5.91. The lowest BCUT2D eigenvalue weighted by Crippen LogP contribution is -2.44. The molecule has 1 atom stereocenters. The van der Waals surface area contributed by atoms with Crippen LogP contribution in [0.4, 0.5) is 10.5 Å². The van der Waals surface area contributed by atoms with Crippen LogP contribution >= 0.6 is 0 Å². The fourth-order valence-electron chi connectivity index (χ4n) is 3.88. The summed E-state index contributed by atoms with van der Waals surface area (Å²) >= 11 is 0. The minimum atomic E-state index is -0.134. The van der Waals surface area contributed by atoms with Gasteiger partial charge in [-0.1, -0.05) is 12.1 Å². The van der Waals surface area contributed by atoms with Gasteiger partial charge in [-0.3, -0.25) is 9.69 Å². The molecule has 2 aliphatic heterocycles. The number of urea groups is 1. The van der Waals surface area contributed by atoms with Crippen LogP contribution in [0.2, 0.25) is 0 Å². The molecule has 0 radical (unpaired) electrons. The third-order valence-electron chi connectivity index (χ3n) is 5.44. The fraction of sp³-hybridized carbons (Fsp3) is 0.600. The van der Waals surface area contributed by atoms with E-state index in [2.05, 4.69) is 10.2 Å². The number of likely N-dealkylation sites (tertiary alicyclic amines) is 1. The third-order valence-corrected chi connectivity index (χ3v) is 5.44. The van der Waals surface area contributed by atoms with Gasteiger partial charge in [0.2, 0.25) is 5.91 Å². The van der Waals surface area contributed by atoms with E-state index >= 15 is 0 Å². The SMILES string of the molecule is COCCN1CC[C@@H](N2CCCN(C(=O)Nc3ccccc3OC)CC2)C1=O. The summed E-state index contributed by atoms with van der Waals surface area (Å²) in [6.45, 7) is 4.79. The average molecular weight is 390 g/mol. The van der Waals surface area contributed by atoms with E-state index in [1.165, 1.54) is 0 Å². The Labute approximate surface area is 166 Å². The van der Waals surface area contributed by atoms with Crippen molar-refractivity contribution in [2.75, 3.05) is 65.4 Å². The number of carbonyl (C=O) groups excluding carboxylic acids is 2. The van der Waals surface area contributed by atoms with Crippen molar-refractivity contribution < 1.29 is 19.1 Å². The van der Waals surface area contributed by atoms with Gasteiger partial charge in [-0.05, 0) is 25.0 Å². The molecule has 0 aliphatic carbocycles. The van der Waals surface area contributed by atoms with E-state index < -0.39 is 0 Å². The molecule has 2 saturated heterocycles. The molecule has 8 heteroatoms. The lowest BCUT2D eigenvalue weighted by Gasteiger charge is -2.26. The summed E-state index contributed by atoms with van der Waals surface area (Å²) in [5.74, 6) is 0.823. The van der Waals surface area contributed by atoms with Crippen molar-refractivity contribution in [3.05, 3.63) is 24.3 Å². The molecule has 28 heavy (non-hydrogen) atoms. The number of nitrogens with one attached hydrogen (secondary N) is 1. The first kappa shape index (κ1) is 20.4. The standard InChI is InChI=1S/C20H30N4O4/c1-27-15-14-23-11-8-17(19(23)25)22-9-5-10-24(13-12-22)20(26)21-16-6-3-4-7-18(16)28-2/h3-4,6-7,17H,5,8-15H2,1-2H3,(H,21,26)/t17-/m1/s1. The first-order valence-electron chi connectivity index (χ1n) is 9.84. The van der Waals surface area contributed by atoms with Crippen LogP contribution in [0.5, 0.6) is 5.75 Å². The second kappa shape index (κ2) is 9.75. The van der Waals surface area contributed by atoms with Crippen LogP contribution in [0, 0.1) is 0 Å². The maximum atomic E-state index is 12.7. The molecule has 3 rings (SSSR count). The molecule has 0 spiro atoms. The maximum Gasteiger partial charge on any atom is 0.321 e. The predicted molar refractivity (Wildman–Crippen MR) is 107 cm³/mol. The molecule has 2 heterocycles. The van der Waals surface area contributed by atoms with Gasteiger partial charge in [-0.25, -0.2) is 4.79 Å². The summed E-state index contributed by atoms with van der Waals surface area (Å²) in [7, 11) is 3.24. The molecule has 1 N–H and O–H groups in total. The van der Waals surface area contributed by atoms with Gasteiger partial charge in [0.05, 0.1) is 25.4 Å². The predicted octanol–water partition coefficient (Wildman–Crippen LogP) is 1.48. The number of rotatable bonds is 6. The zero-order chi connectivity index (χ0) is 19.9. The number of benzene rings is 1. The number of para-hydroxylation sites is 2. The van der Waals surface area contributed by atoms with Crippen LogP contribution in [0.15, 0.2) is 24.3 Å². The van der Waals surface area contributed by atoms with E-state index in [1.54, 1.807) is 14.2 Å². The van der Waals surface area contributed by atoms with Gasteiger partial charge in [0.15, 0.2) is 0 Å². The highest BCUT2D eigenvalue weighted by Gasteiger charge is 2.36. The Kier molecular flexibility index (Phi) is 7.11. The van der Waals surface area contributed by atoms with Crippen LogP contribution in [0.3, 0.4) is 0 Å². The molecule has 0 saturated carbocycles. The van der Waals surface area contributed by atoms with Crippen molar-refractivity contribution in [2.24, 2.45) is 0 Å². The monoisotopic (exact) mass is 390 g/mol. The van der Waals surface area contributed by atoms with Crippen molar-refractivity contribution in [2.45, 2.75) is 18.9 Å². The Hall–Kier alpha value is -2.32. The molecule has 8 nitrogen and oxygen atoms in total. The Balaban J connectivity index is 1.55. The Morgan fingerprint density at radius 3 is 2.75 bits per heavy atom. The van der Waals surface area contributed by atoms with Crippen molar-refractivity contribution in [3.63, 3.8) is 0 Å². The summed E-state index contributed by atoms with van der Waals surface area (Å²) in [6.07, 6.45) is 1.69. The van der Waals surface area contributed by atoms with Crippen LogP contribution in [0.1, 0.15) is 12.8 Å². The van der Waals surface area contributed by atoms with Gasteiger partial charge < -0.3 is 24.6 Å². The van der Waals surface area contributed by atoms with E-state index in [0.717, 1.165) is 25.9 Å². The van der Waals surface area contributed by atoms with Gasteiger partial charge in [-0.2, -0.15) is 0 Å². The first-order valence-corrected chi connectivity index (χ1v) is 9.84. The zero-order valence-corrected chi connectivity index (χ0v) is 16.7. The van der Waals surface area contributed by atoms with Crippen molar-refractivity contribution in [1.29, 1.82) is 0 Å². The number of ether oxygens (including phenoxy) is 2. The molecular formula is C20H30N4O4. The van der Waals surface area contributed by atoms with E-state index in [4.69, 9.17) is 9.47 Å². The van der Waals surface area contributed by atoms with E-state index in [9.17, 15) is 9.59 Å². The molecule has 0 aromatic heterocycles. The maximum absolute atomic E-state index is 12.7. The summed E-state index contributed by atoms with van der Waals surface area (Å²) in [5, 5.41) is 2.94. The quantitative estimate of drug-likeness (QED) is 0.797. The minimum absolute atomic E-state index is 0.0749. The number of amides is 3. The molecule has 1 aromatic carbocycles. The Morgan fingerprint density at radius 2 is 1.96 bits per heavy atom. The summed E-state index contributed by atoms with van der Waals surface area (Å²) in [4.78, 5) is 31.3. The second-order valence-corrected chi connectivity index (χ2v) is 7.13. The number of anilines is 1. The number of methoxy groups -OCH3 is 2. The van der Waals surface area contributed by atoms with E-state index in [0.29, 0.717) is 44.2 Å². The Morgan fingerprint density at radius 1 is 1.14 bits per heavy atom. The molecule has 2 aliphatic rings. The fourth-order valence-corrected chi connectivity index (χ4v) is 3.88. The van der Waals surface area contributed by atoms with Gasteiger partial charge in [0.25, 0.3) is 0 Å². The molecule has 154 valence electrons. The van der Waals surface area contributed by atoms with Gasteiger partial charge in [0.1, 0.15) is 5.75 Å². The number of hydrogen-bond donors (Lipinski definition) is 1. The van der Waals surface area contributed by atoms with Gasteiger partial charge in [-0.15, -0.1) is 0 Å². The van der Waals surface area contributed by atoms with Crippen LogP contribution < -0.4 is 10.1 Å². The van der Waals surface area contributed by atoms with Crippen molar-refractivity contribution >= 4 is 17.6 Å². The smallest absolute Gasteiger partial charge is 0.321 e. The van der Waals surface area contributed by atoms with Crippen molar-refractivity contribution in [1.82, 2.24) is 14.7 Å². The molecule has 0 unspecified atom stereocenters. The molecule has 0 bridgehead atoms. The molecular weight excluding hydrogens is 360 g/mol. The Bertz CT molecular complexity index is 684. The van der Waals surface area contributed by atoms with Crippen LogP contribution in [-0.2, 0) is 9.53 Å². The zero-order valence-electron chi connectivity index (χ0n) is 16.7. The van der Waals surface area contributed by atoms with Gasteiger partial charge >= 0.3 is 6.03 Å². The highest BCUT2D eigenvalue weighted by atomic mass is 16.5. The molecule has 1 aromatic rings. The van der Waals surface area contributed by atoms with Crippen molar-refractivity contribution in [3.8, 4) is 5.75 Å². The lowest BCUT2D eigenvalue weighted by atomic mass is 10.2. The van der Waals surface area contributed by atoms with Crippen LogP contribution in [-0.4, -0.2) is 92.8 Å². The second-order valence-electron chi connectivity index (χ2n) is 7.13. The third kappa shape index (κ3) is 4.74. The van der Waals surface area contributed by atoms with Gasteiger partial charge in [0, 0.05) is 46.4 Å². The topological polar surface area (TPSA) is 74.3 Å². The number of nitrogens with zero attached hydrogens (tertiary/aromatic N) is 3.